The maximum Gasteiger partial charge on any atom is 0.336 e. The predicted molar refractivity (Wildman–Crippen MR) is 121 cm³/mol. The molecule has 0 aromatic heterocycles. The van der Waals surface area contributed by atoms with E-state index in [1.54, 1.807) is 19.1 Å². The minimum atomic E-state index is -0.905. The standard InChI is InChI=1S/C24H24FN3O5/c1-14-10-20(27-8-4-5-9-27)18(25)12-15(14)11-17-22(29)26-24(31)28(23(17)30)19-7-6-16(32-2)13-21(19)33-3/h6-7,10-13H,4-5,8-9H2,1-3H3,(H,26,29,31). The number of barbiturate groups is 1. The van der Waals surface area contributed by atoms with Gasteiger partial charge in [0.15, 0.2) is 0 Å². The van der Waals surface area contributed by atoms with Crippen molar-refractivity contribution in [3.63, 3.8) is 0 Å². The normalized spacial score (nSPS) is 17.6. The summed E-state index contributed by atoms with van der Waals surface area (Å²) in [7, 11) is 2.86. The van der Waals surface area contributed by atoms with Crippen molar-refractivity contribution in [2.45, 2.75) is 19.8 Å². The lowest BCUT2D eigenvalue weighted by atomic mass is 10.0. The molecule has 0 unspecified atom stereocenters. The van der Waals surface area contributed by atoms with Crippen LogP contribution >= 0.6 is 0 Å². The number of aryl methyl sites for hydroxylation is 1. The van der Waals surface area contributed by atoms with Crippen LogP contribution in [0.25, 0.3) is 6.08 Å². The predicted octanol–water partition coefficient (Wildman–Crippen LogP) is 3.42. The van der Waals surface area contributed by atoms with Crippen LogP contribution in [0.15, 0.2) is 35.9 Å². The minimum Gasteiger partial charge on any atom is -0.497 e. The molecule has 9 heteroatoms. The van der Waals surface area contributed by atoms with Crippen LogP contribution in [0.4, 0.5) is 20.6 Å². The van der Waals surface area contributed by atoms with E-state index in [9.17, 15) is 18.8 Å². The van der Waals surface area contributed by atoms with Gasteiger partial charge in [0.1, 0.15) is 22.9 Å². The molecule has 2 aromatic rings. The number of hydrogen-bond acceptors (Lipinski definition) is 6. The van der Waals surface area contributed by atoms with Crippen molar-refractivity contribution in [3.05, 3.63) is 52.8 Å². The number of carbonyl (C=O) groups is 3. The summed E-state index contributed by atoms with van der Waals surface area (Å²) in [6.45, 7) is 3.36. The first-order valence-electron chi connectivity index (χ1n) is 10.5. The van der Waals surface area contributed by atoms with E-state index < -0.39 is 23.7 Å². The molecule has 2 fully saturated rings. The first kappa shape index (κ1) is 22.3. The Bertz CT molecular complexity index is 1170. The lowest BCUT2D eigenvalue weighted by molar-refractivity contribution is -0.122. The number of carbonyl (C=O) groups excluding carboxylic acids is 3. The summed E-state index contributed by atoms with van der Waals surface area (Å²) in [5.74, 6) is -1.43. The zero-order valence-electron chi connectivity index (χ0n) is 18.6. The molecule has 4 rings (SSSR count). The van der Waals surface area contributed by atoms with E-state index in [2.05, 4.69) is 5.32 Å². The van der Waals surface area contributed by atoms with Gasteiger partial charge in [-0.3, -0.25) is 14.9 Å². The third-order valence-electron chi connectivity index (χ3n) is 5.81. The SMILES string of the molecule is COc1ccc(N2C(=O)NC(=O)C(=Cc3cc(F)c(N4CCCC4)cc3C)C2=O)c(OC)c1. The third-order valence-corrected chi connectivity index (χ3v) is 5.81. The average Bonchev–Trinajstić information content (AvgIpc) is 3.33. The lowest BCUT2D eigenvalue weighted by Crippen LogP contribution is -2.54. The van der Waals surface area contributed by atoms with Crippen LogP contribution in [0.3, 0.4) is 0 Å². The van der Waals surface area contributed by atoms with E-state index in [0.717, 1.165) is 30.8 Å². The van der Waals surface area contributed by atoms with Crippen molar-refractivity contribution >= 4 is 35.3 Å². The zero-order valence-corrected chi connectivity index (χ0v) is 18.6. The summed E-state index contributed by atoms with van der Waals surface area (Å²) >= 11 is 0. The second-order valence-corrected chi connectivity index (χ2v) is 7.85. The summed E-state index contributed by atoms with van der Waals surface area (Å²) in [6, 6.07) is 6.69. The number of amides is 4. The van der Waals surface area contributed by atoms with E-state index in [-0.39, 0.29) is 17.0 Å². The molecular weight excluding hydrogens is 429 g/mol. The average molecular weight is 453 g/mol. The summed E-state index contributed by atoms with van der Waals surface area (Å²) in [6.07, 6.45) is 3.33. The van der Waals surface area contributed by atoms with Gasteiger partial charge < -0.3 is 14.4 Å². The number of nitrogens with one attached hydrogen (secondary N) is 1. The third kappa shape index (κ3) is 4.13. The van der Waals surface area contributed by atoms with Crippen LogP contribution in [0.2, 0.25) is 0 Å². The number of urea groups is 1. The second kappa shape index (κ2) is 8.93. The van der Waals surface area contributed by atoms with E-state index >= 15 is 0 Å². The molecule has 0 spiro atoms. The monoisotopic (exact) mass is 453 g/mol. The van der Waals surface area contributed by atoms with E-state index in [0.29, 0.717) is 22.6 Å². The fraction of sp³-hybridized carbons (Fsp3) is 0.292. The van der Waals surface area contributed by atoms with Crippen LogP contribution in [0.5, 0.6) is 11.5 Å². The maximum absolute atomic E-state index is 14.9. The van der Waals surface area contributed by atoms with Crippen molar-refractivity contribution in [1.82, 2.24) is 5.32 Å². The first-order chi connectivity index (χ1) is 15.8. The smallest absolute Gasteiger partial charge is 0.336 e. The van der Waals surface area contributed by atoms with E-state index in [1.165, 1.54) is 38.5 Å². The quantitative estimate of drug-likeness (QED) is 0.551. The molecule has 2 heterocycles. The largest absolute Gasteiger partial charge is 0.497 e. The number of benzene rings is 2. The Balaban J connectivity index is 1.73. The molecule has 2 aliphatic heterocycles. The minimum absolute atomic E-state index is 0.145. The Morgan fingerprint density at radius 1 is 1.00 bits per heavy atom. The van der Waals surface area contributed by atoms with Gasteiger partial charge in [0.25, 0.3) is 11.8 Å². The number of rotatable bonds is 5. The number of imide groups is 2. The maximum atomic E-state index is 14.9. The van der Waals surface area contributed by atoms with Crippen LogP contribution in [-0.2, 0) is 9.59 Å². The van der Waals surface area contributed by atoms with Crippen molar-refractivity contribution in [2.24, 2.45) is 0 Å². The van der Waals surface area contributed by atoms with Gasteiger partial charge >= 0.3 is 6.03 Å². The summed E-state index contributed by atoms with van der Waals surface area (Å²) in [4.78, 5) is 41.1. The van der Waals surface area contributed by atoms with Crippen molar-refractivity contribution in [1.29, 1.82) is 0 Å². The highest BCUT2D eigenvalue weighted by atomic mass is 19.1. The number of nitrogens with zero attached hydrogens (tertiary/aromatic N) is 2. The zero-order chi connectivity index (χ0) is 23.7. The van der Waals surface area contributed by atoms with E-state index in [1.807, 2.05) is 4.90 Å². The van der Waals surface area contributed by atoms with E-state index in [4.69, 9.17) is 9.47 Å². The van der Waals surface area contributed by atoms with Gasteiger partial charge in [0.2, 0.25) is 0 Å². The highest BCUT2D eigenvalue weighted by molar-refractivity contribution is 6.39. The molecule has 33 heavy (non-hydrogen) atoms. The van der Waals surface area contributed by atoms with Crippen LogP contribution in [-0.4, -0.2) is 45.2 Å². The molecule has 0 radical (unpaired) electrons. The molecule has 8 nitrogen and oxygen atoms in total. The van der Waals surface area contributed by atoms with Gasteiger partial charge in [0.05, 0.1) is 25.6 Å². The second-order valence-electron chi connectivity index (χ2n) is 7.85. The molecule has 2 saturated heterocycles. The molecule has 0 saturated carbocycles. The highest BCUT2D eigenvalue weighted by Gasteiger charge is 2.38. The van der Waals surface area contributed by atoms with Gasteiger partial charge in [-0.05, 0) is 61.2 Å². The number of methoxy groups -OCH3 is 2. The molecule has 0 bridgehead atoms. The molecule has 0 atom stereocenters. The molecule has 172 valence electrons. The van der Waals surface area contributed by atoms with Gasteiger partial charge in [-0.2, -0.15) is 0 Å². The molecule has 2 aromatic carbocycles. The Morgan fingerprint density at radius 2 is 1.73 bits per heavy atom. The van der Waals surface area contributed by atoms with Crippen molar-refractivity contribution in [3.8, 4) is 11.5 Å². The lowest BCUT2D eigenvalue weighted by Gasteiger charge is -2.27. The van der Waals surface area contributed by atoms with Crippen LogP contribution < -0.4 is 24.6 Å². The fourth-order valence-corrected chi connectivity index (χ4v) is 4.04. The summed E-state index contributed by atoms with van der Waals surface area (Å²) in [5.41, 5.74) is 1.45. The number of halogens is 1. The van der Waals surface area contributed by atoms with Gasteiger partial charge in [-0.15, -0.1) is 0 Å². The Labute approximate surface area is 190 Å². The molecule has 0 aliphatic carbocycles. The molecule has 1 N–H and O–H groups in total. The Hall–Kier alpha value is -3.88. The molecule has 4 amide bonds. The van der Waals surface area contributed by atoms with Crippen LogP contribution in [0.1, 0.15) is 24.0 Å². The topological polar surface area (TPSA) is 88.2 Å². The summed E-state index contributed by atoms with van der Waals surface area (Å²) in [5, 5.41) is 2.17. The fourth-order valence-electron chi connectivity index (χ4n) is 4.04. The van der Waals surface area contributed by atoms with Crippen molar-refractivity contribution < 1.29 is 28.2 Å². The Morgan fingerprint density at radius 3 is 2.39 bits per heavy atom. The Kier molecular flexibility index (Phi) is 6.04. The highest BCUT2D eigenvalue weighted by Crippen LogP contribution is 2.35. The molecular formula is C24H24FN3O5. The molecule has 2 aliphatic rings. The summed E-state index contributed by atoms with van der Waals surface area (Å²) < 4.78 is 25.3. The number of ether oxygens (including phenoxy) is 2. The van der Waals surface area contributed by atoms with Crippen molar-refractivity contribution in [2.75, 3.05) is 37.1 Å². The van der Waals surface area contributed by atoms with Crippen LogP contribution in [0, 0.1) is 12.7 Å². The number of anilines is 2. The number of hydrogen-bond donors (Lipinski definition) is 1. The van der Waals surface area contributed by atoms with Gasteiger partial charge in [0, 0.05) is 19.2 Å². The van der Waals surface area contributed by atoms with Gasteiger partial charge in [-0.1, -0.05) is 0 Å². The van der Waals surface area contributed by atoms with Gasteiger partial charge in [-0.25, -0.2) is 14.1 Å². The first-order valence-corrected chi connectivity index (χ1v) is 10.5.